The fourth-order valence-corrected chi connectivity index (χ4v) is 1.46. The maximum atomic E-state index is 13.4. The first kappa shape index (κ1) is 13.6. The molecule has 0 spiro atoms. The average molecular weight is 242 g/mol. The number of carbonyl (C=O) groups is 1. The summed E-state index contributed by atoms with van der Waals surface area (Å²) >= 11 is 0. The van der Waals surface area contributed by atoms with Crippen molar-refractivity contribution in [3.05, 3.63) is 35.4 Å². The van der Waals surface area contributed by atoms with Gasteiger partial charge in [-0.25, -0.2) is 8.78 Å². The van der Waals surface area contributed by atoms with Crippen LogP contribution in [0.2, 0.25) is 0 Å². The molecule has 0 aromatic heterocycles. The molecule has 0 aliphatic rings. The Morgan fingerprint density at radius 3 is 2.76 bits per heavy atom. The summed E-state index contributed by atoms with van der Waals surface area (Å²) in [5.74, 6) is -1.15. The van der Waals surface area contributed by atoms with Crippen LogP contribution in [-0.4, -0.2) is 19.0 Å². The summed E-state index contributed by atoms with van der Waals surface area (Å²) in [6.45, 7) is 4.11. The van der Waals surface area contributed by atoms with Crippen molar-refractivity contribution in [1.29, 1.82) is 0 Å². The van der Waals surface area contributed by atoms with Crippen LogP contribution in [0, 0.1) is 11.6 Å². The van der Waals surface area contributed by atoms with Crippen molar-refractivity contribution in [3.63, 3.8) is 0 Å². The van der Waals surface area contributed by atoms with E-state index in [0.29, 0.717) is 6.54 Å². The van der Waals surface area contributed by atoms with E-state index < -0.39 is 17.7 Å². The predicted octanol–water partition coefficient (Wildman–Crippen LogP) is 1.75. The van der Waals surface area contributed by atoms with Gasteiger partial charge in [0.15, 0.2) is 0 Å². The number of carbonyl (C=O) groups excluding carboxylic acids is 1. The monoisotopic (exact) mass is 242 g/mol. The summed E-state index contributed by atoms with van der Waals surface area (Å²) in [4.78, 5) is 11.2. The number of benzene rings is 1. The van der Waals surface area contributed by atoms with Crippen molar-refractivity contribution < 1.29 is 13.6 Å². The lowest BCUT2D eigenvalue weighted by atomic mass is 10.1. The summed E-state index contributed by atoms with van der Waals surface area (Å²) in [6, 6.07) is 2.85. The first-order valence-corrected chi connectivity index (χ1v) is 5.49. The fraction of sp³-hybridized carbons (Fsp3) is 0.417. The van der Waals surface area contributed by atoms with Gasteiger partial charge in [0.2, 0.25) is 5.91 Å². The van der Waals surface area contributed by atoms with Gasteiger partial charge in [-0.2, -0.15) is 0 Å². The van der Waals surface area contributed by atoms with Crippen molar-refractivity contribution >= 4 is 5.91 Å². The van der Waals surface area contributed by atoms with E-state index in [0.717, 1.165) is 18.2 Å². The Hall–Kier alpha value is -1.49. The van der Waals surface area contributed by atoms with Gasteiger partial charge in [-0.05, 0) is 32.0 Å². The van der Waals surface area contributed by atoms with Crippen LogP contribution in [0.4, 0.5) is 8.78 Å². The van der Waals surface area contributed by atoms with Crippen molar-refractivity contribution in [2.75, 3.05) is 13.1 Å². The van der Waals surface area contributed by atoms with Crippen LogP contribution >= 0.6 is 0 Å². The van der Waals surface area contributed by atoms with Crippen molar-refractivity contribution in [3.8, 4) is 0 Å². The lowest BCUT2D eigenvalue weighted by Gasteiger charge is -2.14. The average Bonchev–Trinajstić information content (AvgIpc) is 2.29. The van der Waals surface area contributed by atoms with E-state index >= 15 is 0 Å². The standard InChI is InChI=1S/C12H16F2N2O/c1-3-15-12(17)7-16-8(2)10-6-9(13)4-5-11(10)14/h4-6,8,16H,3,7H2,1-2H3,(H,15,17). The third-order valence-electron chi connectivity index (χ3n) is 2.37. The van der Waals surface area contributed by atoms with Crippen molar-refractivity contribution in [2.45, 2.75) is 19.9 Å². The number of hydrogen-bond acceptors (Lipinski definition) is 2. The normalized spacial score (nSPS) is 12.2. The Labute approximate surface area is 99.2 Å². The highest BCUT2D eigenvalue weighted by atomic mass is 19.1. The van der Waals surface area contributed by atoms with Gasteiger partial charge in [0.1, 0.15) is 11.6 Å². The number of hydrogen-bond donors (Lipinski definition) is 2. The third kappa shape index (κ3) is 4.11. The highest BCUT2D eigenvalue weighted by Gasteiger charge is 2.12. The Bertz CT molecular complexity index is 396. The molecule has 0 aliphatic heterocycles. The minimum absolute atomic E-state index is 0.0744. The summed E-state index contributed by atoms with van der Waals surface area (Å²) in [5, 5.41) is 5.44. The molecule has 1 aromatic rings. The summed E-state index contributed by atoms with van der Waals surface area (Å²) in [7, 11) is 0. The number of halogens is 2. The SMILES string of the molecule is CCNC(=O)CNC(C)c1cc(F)ccc1F. The minimum atomic E-state index is -0.493. The molecular formula is C12H16F2N2O. The number of rotatable bonds is 5. The third-order valence-corrected chi connectivity index (χ3v) is 2.37. The van der Waals surface area contributed by atoms with Crippen molar-refractivity contribution in [2.24, 2.45) is 0 Å². The summed E-state index contributed by atoms with van der Waals surface area (Å²) in [5.41, 5.74) is 0.217. The van der Waals surface area contributed by atoms with Crippen LogP contribution < -0.4 is 10.6 Å². The second-order valence-corrected chi connectivity index (χ2v) is 3.72. The van der Waals surface area contributed by atoms with Gasteiger partial charge in [-0.3, -0.25) is 4.79 Å². The van der Waals surface area contributed by atoms with E-state index in [4.69, 9.17) is 0 Å². The fourth-order valence-electron chi connectivity index (χ4n) is 1.46. The van der Waals surface area contributed by atoms with Crippen LogP contribution in [0.15, 0.2) is 18.2 Å². The topological polar surface area (TPSA) is 41.1 Å². The Kier molecular flexibility index (Phi) is 5.03. The molecule has 17 heavy (non-hydrogen) atoms. The largest absolute Gasteiger partial charge is 0.355 e. The molecule has 1 amide bonds. The number of likely N-dealkylation sites (N-methyl/N-ethyl adjacent to an activating group) is 1. The second kappa shape index (κ2) is 6.30. The molecule has 5 heteroatoms. The second-order valence-electron chi connectivity index (χ2n) is 3.72. The van der Waals surface area contributed by atoms with Gasteiger partial charge in [0.25, 0.3) is 0 Å². The van der Waals surface area contributed by atoms with Gasteiger partial charge < -0.3 is 10.6 Å². The van der Waals surface area contributed by atoms with Gasteiger partial charge >= 0.3 is 0 Å². The first-order chi connectivity index (χ1) is 8.04. The van der Waals surface area contributed by atoms with E-state index in [1.807, 2.05) is 6.92 Å². The number of amides is 1. The molecule has 1 rings (SSSR count). The Morgan fingerprint density at radius 1 is 1.41 bits per heavy atom. The molecule has 1 unspecified atom stereocenters. The van der Waals surface area contributed by atoms with Crippen LogP contribution in [0.3, 0.4) is 0 Å². The molecule has 0 bridgehead atoms. The van der Waals surface area contributed by atoms with Gasteiger partial charge in [0, 0.05) is 18.2 Å². The van der Waals surface area contributed by atoms with E-state index in [2.05, 4.69) is 10.6 Å². The Morgan fingerprint density at radius 2 is 2.12 bits per heavy atom. The van der Waals surface area contributed by atoms with Crippen LogP contribution in [0.5, 0.6) is 0 Å². The van der Waals surface area contributed by atoms with E-state index in [9.17, 15) is 13.6 Å². The summed E-state index contributed by atoms with van der Waals surface area (Å²) < 4.78 is 26.3. The van der Waals surface area contributed by atoms with E-state index in [1.54, 1.807) is 6.92 Å². The van der Waals surface area contributed by atoms with Crippen LogP contribution in [-0.2, 0) is 4.79 Å². The first-order valence-electron chi connectivity index (χ1n) is 5.49. The van der Waals surface area contributed by atoms with Crippen LogP contribution in [0.1, 0.15) is 25.5 Å². The molecule has 1 atom stereocenters. The molecule has 2 N–H and O–H groups in total. The molecule has 1 aromatic carbocycles. The maximum absolute atomic E-state index is 13.4. The quantitative estimate of drug-likeness (QED) is 0.826. The number of nitrogens with one attached hydrogen (secondary N) is 2. The summed E-state index contributed by atoms with van der Waals surface area (Å²) in [6.07, 6.45) is 0. The lowest BCUT2D eigenvalue weighted by molar-refractivity contribution is -0.120. The highest BCUT2D eigenvalue weighted by Crippen LogP contribution is 2.17. The molecular weight excluding hydrogens is 226 g/mol. The highest BCUT2D eigenvalue weighted by molar-refractivity contribution is 5.77. The van der Waals surface area contributed by atoms with Crippen molar-refractivity contribution in [1.82, 2.24) is 10.6 Å². The zero-order chi connectivity index (χ0) is 12.8. The zero-order valence-corrected chi connectivity index (χ0v) is 9.89. The lowest BCUT2D eigenvalue weighted by Crippen LogP contribution is -2.35. The molecule has 0 heterocycles. The molecule has 0 aliphatic carbocycles. The van der Waals surface area contributed by atoms with E-state index in [-0.39, 0.29) is 18.0 Å². The van der Waals surface area contributed by atoms with Gasteiger partial charge in [0.05, 0.1) is 6.54 Å². The smallest absolute Gasteiger partial charge is 0.233 e. The molecule has 0 saturated carbocycles. The minimum Gasteiger partial charge on any atom is -0.355 e. The molecule has 0 fully saturated rings. The van der Waals surface area contributed by atoms with Gasteiger partial charge in [-0.1, -0.05) is 0 Å². The predicted molar refractivity (Wildman–Crippen MR) is 61.5 cm³/mol. The van der Waals surface area contributed by atoms with Crippen LogP contribution in [0.25, 0.3) is 0 Å². The van der Waals surface area contributed by atoms with E-state index in [1.165, 1.54) is 0 Å². The van der Waals surface area contributed by atoms with Gasteiger partial charge in [-0.15, -0.1) is 0 Å². The molecule has 94 valence electrons. The molecule has 3 nitrogen and oxygen atoms in total. The molecule has 0 radical (unpaired) electrons. The maximum Gasteiger partial charge on any atom is 0.233 e. The molecule has 0 saturated heterocycles. The zero-order valence-electron chi connectivity index (χ0n) is 9.89. The Balaban J connectivity index is 2.60.